The van der Waals surface area contributed by atoms with Gasteiger partial charge in [-0.25, -0.2) is 19.2 Å². The largest absolute Gasteiger partial charge is 0.478 e. The van der Waals surface area contributed by atoms with Crippen LogP contribution < -0.4 is 0 Å². The molecule has 0 aliphatic carbocycles. The van der Waals surface area contributed by atoms with E-state index in [-0.39, 0.29) is 60.3 Å². The summed E-state index contributed by atoms with van der Waals surface area (Å²) >= 11 is 0. The van der Waals surface area contributed by atoms with Gasteiger partial charge in [0.15, 0.2) is 0 Å². The van der Waals surface area contributed by atoms with Crippen molar-refractivity contribution in [1.29, 1.82) is 0 Å². The summed E-state index contributed by atoms with van der Waals surface area (Å²) in [6.45, 7) is 4.25. The molecule has 0 aliphatic rings. The van der Waals surface area contributed by atoms with Gasteiger partial charge in [-0.05, 0) is 48.2 Å². The van der Waals surface area contributed by atoms with E-state index >= 15 is 0 Å². The average molecular weight is 515 g/mol. The molecule has 0 fully saturated rings. The van der Waals surface area contributed by atoms with Crippen molar-refractivity contribution >= 4 is 48.7 Å². The molecule has 2 aromatic carbocycles. The summed E-state index contributed by atoms with van der Waals surface area (Å²) in [4.78, 5) is 47.9. The van der Waals surface area contributed by atoms with Crippen molar-refractivity contribution in [2.75, 3.05) is 13.2 Å². The molecule has 0 unspecified atom stereocenters. The van der Waals surface area contributed by atoms with Gasteiger partial charge in [-0.2, -0.15) is 0 Å². The third-order valence-electron chi connectivity index (χ3n) is 4.74. The number of carbonyl (C=O) groups excluding carboxylic acids is 2. The topological polar surface area (TPSA) is 127 Å². The Kier molecular flexibility index (Phi) is 13.6. The Bertz CT molecular complexity index is 939. The van der Waals surface area contributed by atoms with Crippen molar-refractivity contribution in [2.24, 2.45) is 0 Å². The van der Waals surface area contributed by atoms with Gasteiger partial charge in [0.2, 0.25) is 0 Å². The zero-order chi connectivity index (χ0) is 23.7. The number of carbonyl (C=O) groups is 4. The van der Waals surface area contributed by atoms with Gasteiger partial charge in [0.1, 0.15) is 0 Å². The molecule has 0 atom stereocenters. The normalized spacial score (nSPS) is 9.82. The van der Waals surface area contributed by atoms with E-state index in [1.165, 1.54) is 36.4 Å². The Morgan fingerprint density at radius 2 is 1.00 bits per heavy atom. The van der Waals surface area contributed by atoms with E-state index in [2.05, 4.69) is 0 Å². The molecule has 2 aromatic rings. The van der Waals surface area contributed by atoms with Gasteiger partial charge in [0.25, 0.3) is 0 Å². The van der Waals surface area contributed by atoms with Crippen LogP contribution in [0.1, 0.15) is 81.0 Å². The minimum Gasteiger partial charge on any atom is -0.478 e. The minimum atomic E-state index is -1.32. The summed E-state index contributed by atoms with van der Waals surface area (Å²) in [7, 11) is 0. The molecule has 0 bridgehead atoms. The first kappa shape index (κ1) is 30.9. The number of carboxylic acid groups (broad SMARTS) is 2. The Labute approximate surface area is 210 Å². The van der Waals surface area contributed by atoms with Crippen LogP contribution in [-0.4, -0.2) is 47.3 Å². The second-order valence-electron chi connectivity index (χ2n) is 7.11. The zero-order valence-electron chi connectivity index (χ0n) is 18.9. The van der Waals surface area contributed by atoms with Crippen molar-refractivity contribution in [2.45, 2.75) is 39.5 Å². The second kappa shape index (κ2) is 14.9. The highest BCUT2D eigenvalue weighted by Gasteiger charge is 2.21. The Balaban J connectivity index is 0.00000544. The maximum Gasteiger partial charge on any atom is 0.339 e. The van der Waals surface area contributed by atoms with E-state index < -0.39 is 23.9 Å². The lowest BCUT2D eigenvalue weighted by Crippen LogP contribution is -2.13. The molecule has 0 saturated carbocycles. The predicted molar refractivity (Wildman–Crippen MR) is 131 cm³/mol. The van der Waals surface area contributed by atoms with Crippen LogP contribution in [0.4, 0.5) is 0 Å². The molecule has 2 N–H and O–H groups in total. The van der Waals surface area contributed by atoms with Crippen LogP contribution in [0.3, 0.4) is 0 Å². The highest BCUT2D eigenvalue weighted by atomic mass is 35.5. The third kappa shape index (κ3) is 8.04. The first-order valence-corrected chi connectivity index (χ1v) is 10.4. The molecule has 0 amide bonds. The molecule has 0 saturated heterocycles. The van der Waals surface area contributed by atoms with Crippen LogP contribution in [0.2, 0.25) is 0 Å². The number of unbranched alkanes of at least 4 members (excludes halogenated alkanes) is 2. The number of rotatable bonds is 11. The number of hydrogen-bond donors (Lipinski definition) is 2. The number of ether oxygens (including phenoxy) is 2. The number of benzene rings is 2. The molecule has 0 aromatic heterocycles. The van der Waals surface area contributed by atoms with Crippen LogP contribution in [0.25, 0.3) is 11.1 Å². The quantitative estimate of drug-likeness (QED) is 0.296. The van der Waals surface area contributed by atoms with Crippen LogP contribution in [0, 0.1) is 0 Å². The van der Waals surface area contributed by atoms with Crippen LogP contribution >= 0.6 is 24.8 Å². The maximum absolute atomic E-state index is 12.2. The fraction of sp³-hybridized carbons (Fsp3) is 0.333. The van der Waals surface area contributed by atoms with E-state index in [0.29, 0.717) is 24.0 Å². The number of halogens is 2. The van der Waals surface area contributed by atoms with E-state index in [1.807, 2.05) is 13.8 Å². The molecule has 0 heterocycles. The van der Waals surface area contributed by atoms with Crippen LogP contribution in [0.15, 0.2) is 36.4 Å². The molecule has 2 rings (SSSR count). The van der Waals surface area contributed by atoms with Crippen molar-refractivity contribution in [3.05, 3.63) is 58.7 Å². The molecule has 186 valence electrons. The van der Waals surface area contributed by atoms with Gasteiger partial charge < -0.3 is 19.7 Å². The van der Waals surface area contributed by atoms with Gasteiger partial charge >= 0.3 is 23.9 Å². The fourth-order valence-electron chi connectivity index (χ4n) is 2.93. The summed E-state index contributed by atoms with van der Waals surface area (Å²) in [5.41, 5.74) is 0.0496. The lowest BCUT2D eigenvalue weighted by Gasteiger charge is -2.11. The van der Waals surface area contributed by atoms with Gasteiger partial charge in [-0.3, -0.25) is 0 Å². The lowest BCUT2D eigenvalue weighted by molar-refractivity contribution is 0.0484. The van der Waals surface area contributed by atoms with E-state index in [4.69, 9.17) is 9.47 Å². The molecule has 0 spiro atoms. The first-order chi connectivity index (χ1) is 15.3. The fourth-order valence-corrected chi connectivity index (χ4v) is 2.93. The summed E-state index contributed by atoms with van der Waals surface area (Å²) in [5, 5.41) is 19.1. The maximum atomic E-state index is 12.2. The standard InChI is InChI=1S/C24H26O8.2ClH/c1-3-5-11-31-23(29)17-9-7-15(13-19(17)21(25)26)16-8-10-18(20(14-16)22(27)28)24(30)32-12-6-4-2;;/h7-10,13-14H,3-6,11-12H2,1-2H3,(H,25,26)(H,27,28);2*1H. The van der Waals surface area contributed by atoms with Crippen LogP contribution in [-0.2, 0) is 9.47 Å². The van der Waals surface area contributed by atoms with Gasteiger partial charge in [0, 0.05) is 0 Å². The Hall–Kier alpha value is -3.10. The molecular weight excluding hydrogens is 487 g/mol. The van der Waals surface area contributed by atoms with E-state index in [0.717, 1.165) is 12.8 Å². The molecule has 0 aliphatic heterocycles. The number of aromatic carboxylic acids is 2. The van der Waals surface area contributed by atoms with Crippen molar-refractivity contribution in [1.82, 2.24) is 0 Å². The second-order valence-corrected chi connectivity index (χ2v) is 7.11. The Morgan fingerprint density at radius 1 is 0.647 bits per heavy atom. The molecule has 10 heteroatoms. The summed E-state index contributed by atoms with van der Waals surface area (Å²) in [5.74, 6) is -4.11. The van der Waals surface area contributed by atoms with Crippen molar-refractivity contribution in [3.63, 3.8) is 0 Å². The van der Waals surface area contributed by atoms with Crippen molar-refractivity contribution < 1.29 is 38.9 Å². The van der Waals surface area contributed by atoms with Gasteiger partial charge in [-0.15, -0.1) is 24.8 Å². The van der Waals surface area contributed by atoms with Gasteiger partial charge in [0.05, 0.1) is 35.5 Å². The highest BCUT2D eigenvalue weighted by Crippen LogP contribution is 2.26. The van der Waals surface area contributed by atoms with Gasteiger partial charge in [-0.1, -0.05) is 38.8 Å². The highest BCUT2D eigenvalue weighted by molar-refractivity contribution is 6.05. The zero-order valence-corrected chi connectivity index (χ0v) is 20.5. The van der Waals surface area contributed by atoms with Crippen LogP contribution in [0.5, 0.6) is 0 Å². The molecule has 8 nitrogen and oxygen atoms in total. The predicted octanol–water partition coefficient (Wildman–Crippen LogP) is 5.51. The average Bonchev–Trinajstić information content (AvgIpc) is 2.78. The Morgan fingerprint density at radius 3 is 1.29 bits per heavy atom. The van der Waals surface area contributed by atoms with E-state index in [9.17, 15) is 29.4 Å². The third-order valence-corrected chi connectivity index (χ3v) is 4.74. The minimum absolute atomic E-state index is 0. The molecule has 0 radical (unpaired) electrons. The number of esters is 2. The molecular formula is C24H28Cl2O8. The summed E-state index contributed by atoms with van der Waals surface area (Å²) in [6.07, 6.45) is 2.98. The summed E-state index contributed by atoms with van der Waals surface area (Å²) in [6, 6.07) is 8.23. The van der Waals surface area contributed by atoms with E-state index in [1.54, 1.807) is 0 Å². The first-order valence-electron chi connectivity index (χ1n) is 10.4. The SMILES string of the molecule is CCCCOC(=O)c1ccc(-c2ccc(C(=O)OCCCC)c(C(=O)O)c2)cc1C(=O)O.Cl.Cl. The monoisotopic (exact) mass is 514 g/mol. The molecule has 34 heavy (non-hydrogen) atoms. The number of hydrogen-bond acceptors (Lipinski definition) is 6. The smallest absolute Gasteiger partial charge is 0.339 e. The summed E-state index contributed by atoms with van der Waals surface area (Å²) < 4.78 is 10.2. The van der Waals surface area contributed by atoms with Crippen molar-refractivity contribution in [3.8, 4) is 11.1 Å². The number of carboxylic acids is 2. The lowest BCUT2D eigenvalue weighted by atomic mass is 9.96.